The topological polar surface area (TPSA) is 43.4 Å². The number of allylic oxidation sites excluding steroid dienone is 1. The van der Waals surface area contributed by atoms with E-state index >= 15 is 0 Å². The number of esters is 1. The van der Waals surface area contributed by atoms with Crippen LogP contribution in [0.1, 0.15) is 12.5 Å². The maximum absolute atomic E-state index is 11.4. The molecule has 0 unspecified atom stereocenters. The molecule has 110 valence electrons. The molecule has 0 aromatic heterocycles. The first kappa shape index (κ1) is 15.4. The van der Waals surface area contributed by atoms with E-state index in [1.165, 1.54) is 6.08 Å². The van der Waals surface area contributed by atoms with Gasteiger partial charge in [-0.05, 0) is 41.8 Å². The smallest absolute Gasteiger partial charge is 0.338 e. The molecule has 0 heterocycles. The number of rotatable bonds is 5. The van der Waals surface area contributed by atoms with Gasteiger partial charge in [-0.2, -0.15) is 0 Å². The summed E-state index contributed by atoms with van der Waals surface area (Å²) in [6.07, 6.45) is 3.95. The molecule has 3 heteroatoms. The highest BCUT2D eigenvalue weighted by molar-refractivity contribution is 5.88. The minimum atomic E-state index is -0.431. The lowest BCUT2D eigenvalue weighted by Crippen LogP contribution is -2.07. The Hall–Kier alpha value is -2.94. The SMILES string of the molecule is C=C(C)C(=O)Oc1ccc(-c2ccc(/C=C/C=O)cc2)cc1. The van der Waals surface area contributed by atoms with Crippen LogP contribution in [0.5, 0.6) is 5.75 Å². The third kappa shape index (κ3) is 4.03. The van der Waals surface area contributed by atoms with Crippen LogP contribution in [0.3, 0.4) is 0 Å². The van der Waals surface area contributed by atoms with Crippen molar-refractivity contribution < 1.29 is 14.3 Å². The molecular formula is C19H16O3. The highest BCUT2D eigenvalue weighted by Crippen LogP contribution is 2.23. The largest absolute Gasteiger partial charge is 0.423 e. The Kier molecular flexibility index (Phi) is 5.04. The van der Waals surface area contributed by atoms with Gasteiger partial charge < -0.3 is 4.74 Å². The fraction of sp³-hybridized carbons (Fsp3) is 0.0526. The van der Waals surface area contributed by atoms with Gasteiger partial charge in [-0.3, -0.25) is 4.79 Å². The van der Waals surface area contributed by atoms with E-state index in [0.29, 0.717) is 11.3 Å². The Morgan fingerprint density at radius 1 is 1.00 bits per heavy atom. The second-order valence-corrected chi connectivity index (χ2v) is 4.81. The second kappa shape index (κ2) is 7.18. The zero-order valence-electron chi connectivity index (χ0n) is 12.3. The van der Waals surface area contributed by atoms with Crippen LogP contribution >= 0.6 is 0 Å². The zero-order chi connectivity index (χ0) is 15.9. The standard InChI is InChI=1S/C19H16O3/c1-14(2)19(21)22-18-11-9-17(10-12-18)16-7-5-15(6-8-16)4-3-13-20/h3-13H,1H2,2H3/b4-3+. The van der Waals surface area contributed by atoms with Gasteiger partial charge in [0.15, 0.2) is 0 Å². The summed E-state index contributed by atoms with van der Waals surface area (Å²) in [4.78, 5) is 21.7. The van der Waals surface area contributed by atoms with E-state index in [4.69, 9.17) is 4.74 Å². The van der Waals surface area contributed by atoms with Crippen LogP contribution in [0.15, 0.2) is 66.8 Å². The van der Waals surface area contributed by atoms with E-state index in [0.717, 1.165) is 23.0 Å². The molecule has 2 rings (SSSR count). The first-order valence-electron chi connectivity index (χ1n) is 6.80. The Labute approximate surface area is 129 Å². The molecule has 0 amide bonds. The first-order chi connectivity index (χ1) is 10.6. The predicted octanol–water partition coefficient (Wildman–Crippen LogP) is 4.05. The van der Waals surface area contributed by atoms with Crippen molar-refractivity contribution in [2.24, 2.45) is 0 Å². The fourth-order valence-electron chi connectivity index (χ4n) is 1.85. The van der Waals surface area contributed by atoms with Gasteiger partial charge in [0.1, 0.15) is 12.0 Å². The minimum Gasteiger partial charge on any atom is -0.423 e. The molecule has 0 saturated heterocycles. The van der Waals surface area contributed by atoms with Crippen LogP contribution < -0.4 is 4.74 Å². The lowest BCUT2D eigenvalue weighted by molar-refractivity contribution is -0.130. The van der Waals surface area contributed by atoms with E-state index in [2.05, 4.69) is 6.58 Å². The number of benzene rings is 2. The lowest BCUT2D eigenvalue weighted by atomic mass is 10.0. The molecule has 22 heavy (non-hydrogen) atoms. The van der Waals surface area contributed by atoms with Gasteiger partial charge in [0.05, 0.1) is 0 Å². The van der Waals surface area contributed by atoms with Crippen LogP contribution in [0, 0.1) is 0 Å². The third-order valence-electron chi connectivity index (χ3n) is 3.02. The number of hydrogen-bond donors (Lipinski definition) is 0. The molecule has 0 bridgehead atoms. The Balaban J connectivity index is 2.13. The van der Waals surface area contributed by atoms with Gasteiger partial charge in [0.25, 0.3) is 0 Å². The molecule has 0 aliphatic carbocycles. The zero-order valence-corrected chi connectivity index (χ0v) is 12.3. The second-order valence-electron chi connectivity index (χ2n) is 4.81. The van der Waals surface area contributed by atoms with Crippen molar-refractivity contribution in [3.05, 3.63) is 72.3 Å². The van der Waals surface area contributed by atoms with Crippen molar-refractivity contribution in [3.63, 3.8) is 0 Å². The number of carbonyl (C=O) groups is 2. The van der Waals surface area contributed by atoms with Crippen molar-refractivity contribution in [1.82, 2.24) is 0 Å². The van der Waals surface area contributed by atoms with Gasteiger partial charge in [-0.1, -0.05) is 49.1 Å². The number of aldehydes is 1. The van der Waals surface area contributed by atoms with Crippen LogP contribution in [0.25, 0.3) is 17.2 Å². The summed E-state index contributed by atoms with van der Waals surface area (Å²) in [5, 5.41) is 0. The fourth-order valence-corrected chi connectivity index (χ4v) is 1.85. The maximum atomic E-state index is 11.4. The van der Waals surface area contributed by atoms with Gasteiger partial charge in [0, 0.05) is 5.57 Å². The van der Waals surface area contributed by atoms with E-state index in [9.17, 15) is 9.59 Å². The van der Waals surface area contributed by atoms with Crippen LogP contribution in [0.2, 0.25) is 0 Å². The summed E-state index contributed by atoms with van der Waals surface area (Å²) < 4.78 is 5.15. The van der Waals surface area contributed by atoms with Crippen molar-refractivity contribution in [2.45, 2.75) is 6.92 Å². The Morgan fingerprint density at radius 3 is 2.05 bits per heavy atom. The molecule has 2 aromatic carbocycles. The van der Waals surface area contributed by atoms with Crippen molar-refractivity contribution in [2.75, 3.05) is 0 Å². The summed E-state index contributed by atoms with van der Waals surface area (Å²) in [7, 11) is 0. The minimum absolute atomic E-state index is 0.364. The highest BCUT2D eigenvalue weighted by Gasteiger charge is 2.05. The Morgan fingerprint density at radius 2 is 1.55 bits per heavy atom. The highest BCUT2D eigenvalue weighted by atomic mass is 16.5. The lowest BCUT2D eigenvalue weighted by Gasteiger charge is -2.06. The third-order valence-corrected chi connectivity index (χ3v) is 3.02. The number of hydrogen-bond acceptors (Lipinski definition) is 3. The van der Waals surface area contributed by atoms with Crippen molar-refractivity contribution in [1.29, 1.82) is 0 Å². The molecule has 0 saturated carbocycles. The predicted molar refractivity (Wildman–Crippen MR) is 87.4 cm³/mol. The summed E-state index contributed by atoms with van der Waals surface area (Å²) in [6, 6.07) is 15.1. The average Bonchev–Trinajstić information content (AvgIpc) is 2.54. The normalized spacial score (nSPS) is 10.4. The monoisotopic (exact) mass is 292 g/mol. The number of ether oxygens (including phenoxy) is 1. The molecule has 0 aliphatic heterocycles. The van der Waals surface area contributed by atoms with E-state index < -0.39 is 5.97 Å². The van der Waals surface area contributed by atoms with Gasteiger partial charge in [0.2, 0.25) is 0 Å². The molecule has 0 N–H and O–H groups in total. The number of carbonyl (C=O) groups excluding carboxylic acids is 2. The average molecular weight is 292 g/mol. The molecule has 3 nitrogen and oxygen atoms in total. The molecule has 2 aromatic rings. The summed E-state index contributed by atoms with van der Waals surface area (Å²) in [6.45, 7) is 5.15. The quantitative estimate of drug-likeness (QED) is 0.361. The summed E-state index contributed by atoms with van der Waals surface area (Å²) in [5.74, 6) is 0.0568. The van der Waals surface area contributed by atoms with Crippen molar-refractivity contribution in [3.8, 4) is 16.9 Å². The van der Waals surface area contributed by atoms with Crippen LogP contribution in [-0.2, 0) is 9.59 Å². The molecule has 0 spiro atoms. The van der Waals surface area contributed by atoms with Gasteiger partial charge in [-0.25, -0.2) is 4.79 Å². The van der Waals surface area contributed by atoms with Crippen LogP contribution in [0.4, 0.5) is 0 Å². The van der Waals surface area contributed by atoms with Gasteiger partial charge in [-0.15, -0.1) is 0 Å². The van der Waals surface area contributed by atoms with Crippen molar-refractivity contribution >= 4 is 18.3 Å². The Bertz CT molecular complexity index is 707. The molecule has 0 aliphatic rings. The maximum Gasteiger partial charge on any atom is 0.338 e. The van der Waals surface area contributed by atoms with Gasteiger partial charge >= 0.3 is 5.97 Å². The van der Waals surface area contributed by atoms with Crippen LogP contribution in [-0.4, -0.2) is 12.3 Å². The molecule has 0 radical (unpaired) electrons. The molecule has 0 atom stereocenters. The van der Waals surface area contributed by atoms with E-state index in [1.54, 1.807) is 25.1 Å². The molecule has 0 fully saturated rings. The molecular weight excluding hydrogens is 276 g/mol. The first-order valence-corrected chi connectivity index (χ1v) is 6.80. The summed E-state index contributed by atoms with van der Waals surface area (Å²) in [5.41, 5.74) is 3.38. The van der Waals surface area contributed by atoms with E-state index in [1.807, 2.05) is 36.4 Å². The summed E-state index contributed by atoms with van der Waals surface area (Å²) >= 11 is 0. The van der Waals surface area contributed by atoms with E-state index in [-0.39, 0.29) is 0 Å².